The number of amides is 1. The number of anilines is 1. The Balaban J connectivity index is 1.96. The number of hydrogen-bond acceptors (Lipinski definition) is 3. The van der Waals surface area contributed by atoms with Gasteiger partial charge in [0.15, 0.2) is 0 Å². The van der Waals surface area contributed by atoms with Crippen molar-refractivity contribution in [1.82, 2.24) is 4.90 Å². The van der Waals surface area contributed by atoms with Gasteiger partial charge in [-0.25, -0.2) is 4.39 Å². The van der Waals surface area contributed by atoms with Crippen LogP contribution < -0.4 is 10.1 Å². The van der Waals surface area contributed by atoms with Gasteiger partial charge in [0.25, 0.3) is 0 Å². The maximum Gasteiger partial charge on any atom is 0.241 e. The average molecular weight is 409 g/mol. The molecule has 2 rings (SSSR count). The van der Waals surface area contributed by atoms with Crippen LogP contribution in [-0.4, -0.2) is 30.5 Å². The van der Waals surface area contributed by atoms with Gasteiger partial charge in [-0.2, -0.15) is 0 Å². The van der Waals surface area contributed by atoms with Gasteiger partial charge in [0.1, 0.15) is 11.6 Å². The van der Waals surface area contributed by atoms with E-state index in [0.29, 0.717) is 17.6 Å². The molecule has 0 saturated heterocycles. The Kier molecular flexibility index (Phi) is 6.96. The highest BCUT2D eigenvalue weighted by molar-refractivity contribution is 9.10. The van der Waals surface area contributed by atoms with Gasteiger partial charge in [0, 0.05) is 11.0 Å². The largest absolute Gasteiger partial charge is 0.494 e. The Morgan fingerprint density at radius 1 is 1.28 bits per heavy atom. The fourth-order valence-corrected chi connectivity index (χ4v) is 2.64. The molecule has 0 saturated carbocycles. The minimum atomic E-state index is -0.468. The summed E-state index contributed by atoms with van der Waals surface area (Å²) in [5.74, 6) is 0.101. The van der Waals surface area contributed by atoms with E-state index in [2.05, 4.69) is 21.2 Å². The maximum atomic E-state index is 13.9. The van der Waals surface area contributed by atoms with Crippen LogP contribution in [-0.2, 0) is 11.3 Å². The number of nitrogens with one attached hydrogen (secondary N) is 1. The second-order valence-corrected chi connectivity index (χ2v) is 6.70. The SMILES string of the molecule is CCOc1ccc(CN(C)C(C)C(=O)Nc2ccc(Br)cc2F)cc1. The van der Waals surface area contributed by atoms with E-state index >= 15 is 0 Å². The van der Waals surface area contributed by atoms with E-state index in [1.165, 1.54) is 12.1 Å². The van der Waals surface area contributed by atoms with Crippen molar-refractivity contribution in [3.63, 3.8) is 0 Å². The molecule has 134 valence electrons. The number of hydrogen-bond donors (Lipinski definition) is 1. The van der Waals surface area contributed by atoms with Crippen molar-refractivity contribution in [3.05, 3.63) is 58.3 Å². The molecule has 25 heavy (non-hydrogen) atoms. The molecule has 2 aromatic carbocycles. The number of likely N-dealkylation sites (N-methyl/N-ethyl adjacent to an activating group) is 1. The highest BCUT2D eigenvalue weighted by atomic mass is 79.9. The van der Waals surface area contributed by atoms with Gasteiger partial charge in [-0.3, -0.25) is 9.69 Å². The summed E-state index contributed by atoms with van der Waals surface area (Å²) in [7, 11) is 1.86. The van der Waals surface area contributed by atoms with Crippen LogP contribution in [0.4, 0.5) is 10.1 Å². The molecule has 0 bridgehead atoms. The molecule has 2 aromatic rings. The highest BCUT2D eigenvalue weighted by Gasteiger charge is 2.19. The Morgan fingerprint density at radius 3 is 2.56 bits per heavy atom. The maximum absolute atomic E-state index is 13.9. The first-order chi connectivity index (χ1) is 11.9. The molecule has 0 aliphatic rings. The normalized spacial score (nSPS) is 12.1. The molecule has 0 radical (unpaired) electrons. The minimum Gasteiger partial charge on any atom is -0.494 e. The summed E-state index contributed by atoms with van der Waals surface area (Å²) in [4.78, 5) is 14.3. The monoisotopic (exact) mass is 408 g/mol. The Morgan fingerprint density at radius 2 is 1.96 bits per heavy atom. The third-order valence-corrected chi connectivity index (χ3v) is 4.39. The van der Waals surface area contributed by atoms with Crippen LogP contribution in [0.5, 0.6) is 5.75 Å². The predicted molar refractivity (Wildman–Crippen MR) is 101 cm³/mol. The van der Waals surface area contributed by atoms with E-state index in [1.807, 2.05) is 43.1 Å². The lowest BCUT2D eigenvalue weighted by Gasteiger charge is -2.24. The molecule has 0 heterocycles. The van der Waals surface area contributed by atoms with Gasteiger partial charge in [-0.05, 0) is 56.8 Å². The molecule has 0 spiro atoms. The lowest BCUT2D eigenvalue weighted by atomic mass is 10.1. The molecule has 4 nitrogen and oxygen atoms in total. The zero-order chi connectivity index (χ0) is 18.4. The molecule has 1 amide bonds. The average Bonchev–Trinajstić information content (AvgIpc) is 2.58. The molecular formula is C19H22BrFN2O2. The number of ether oxygens (including phenoxy) is 1. The Bertz CT molecular complexity index is 722. The van der Waals surface area contributed by atoms with Crippen LogP contribution in [0.25, 0.3) is 0 Å². The fraction of sp³-hybridized carbons (Fsp3) is 0.316. The first-order valence-corrected chi connectivity index (χ1v) is 8.88. The Hall–Kier alpha value is -1.92. The van der Waals surface area contributed by atoms with E-state index in [-0.39, 0.29) is 11.6 Å². The first-order valence-electron chi connectivity index (χ1n) is 8.08. The first kappa shape index (κ1) is 19.4. The predicted octanol–water partition coefficient (Wildman–Crippen LogP) is 4.45. The van der Waals surface area contributed by atoms with Crippen molar-refractivity contribution in [3.8, 4) is 5.75 Å². The topological polar surface area (TPSA) is 41.6 Å². The minimum absolute atomic E-state index is 0.175. The third kappa shape index (κ3) is 5.54. The van der Waals surface area contributed by atoms with Crippen LogP contribution in [0.2, 0.25) is 0 Å². The number of halogens is 2. The molecule has 0 aliphatic carbocycles. The van der Waals surface area contributed by atoms with E-state index in [1.54, 1.807) is 13.0 Å². The van der Waals surface area contributed by atoms with Crippen LogP contribution in [0.1, 0.15) is 19.4 Å². The molecule has 0 aliphatic heterocycles. The van der Waals surface area contributed by atoms with Crippen molar-refractivity contribution in [2.45, 2.75) is 26.4 Å². The summed E-state index contributed by atoms with van der Waals surface area (Å²) < 4.78 is 19.9. The van der Waals surface area contributed by atoms with E-state index in [4.69, 9.17) is 4.74 Å². The van der Waals surface area contributed by atoms with Gasteiger partial charge < -0.3 is 10.1 Å². The zero-order valence-corrected chi connectivity index (χ0v) is 16.1. The molecule has 1 atom stereocenters. The highest BCUT2D eigenvalue weighted by Crippen LogP contribution is 2.20. The van der Waals surface area contributed by atoms with Crippen molar-refractivity contribution in [2.24, 2.45) is 0 Å². The summed E-state index contributed by atoms with van der Waals surface area (Å²) in [6.45, 7) is 4.96. The summed E-state index contributed by atoms with van der Waals surface area (Å²) in [6.07, 6.45) is 0. The lowest BCUT2D eigenvalue weighted by Crippen LogP contribution is -2.39. The molecule has 1 N–H and O–H groups in total. The van der Waals surface area contributed by atoms with Crippen LogP contribution >= 0.6 is 15.9 Å². The molecule has 1 unspecified atom stereocenters. The van der Waals surface area contributed by atoms with Gasteiger partial charge in [-0.1, -0.05) is 28.1 Å². The van der Waals surface area contributed by atoms with Crippen LogP contribution in [0, 0.1) is 5.82 Å². The number of carbonyl (C=O) groups excluding carboxylic acids is 1. The van der Waals surface area contributed by atoms with Gasteiger partial charge in [0.05, 0.1) is 18.3 Å². The van der Waals surface area contributed by atoms with Crippen molar-refractivity contribution >= 4 is 27.5 Å². The zero-order valence-electron chi connectivity index (χ0n) is 14.6. The molecule has 0 aromatic heterocycles. The standard InChI is InChI=1S/C19H22BrFN2O2/c1-4-25-16-8-5-14(6-9-16)12-23(3)13(2)19(24)22-18-10-7-15(20)11-17(18)21/h5-11,13H,4,12H2,1-3H3,(H,22,24). The van der Waals surface area contributed by atoms with Crippen LogP contribution in [0.15, 0.2) is 46.9 Å². The number of carbonyl (C=O) groups is 1. The van der Waals surface area contributed by atoms with E-state index in [0.717, 1.165) is 11.3 Å². The fourth-order valence-electron chi connectivity index (χ4n) is 2.31. The van der Waals surface area contributed by atoms with E-state index < -0.39 is 11.9 Å². The summed E-state index contributed by atoms with van der Waals surface area (Å²) in [5, 5.41) is 2.63. The van der Waals surface area contributed by atoms with Crippen LogP contribution in [0.3, 0.4) is 0 Å². The summed E-state index contributed by atoms with van der Waals surface area (Å²) in [5.41, 5.74) is 1.25. The lowest BCUT2D eigenvalue weighted by molar-refractivity contribution is -0.120. The second-order valence-electron chi connectivity index (χ2n) is 5.78. The third-order valence-electron chi connectivity index (χ3n) is 3.90. The van der Waals surface area contributed by atoms with Gasteiger partial charge in [-0.15, -0.1) is 0 Å². The molecule has 0 fully saturated rings. The number of benzene rings is 2. The second kappa shape index (κ2) is 8.97. The summed E-state index contributed by atoms with van der Waals surface area (Å²) in [6, 6.07) is 11.9. The van der Waals surface area contributed by atoms with Crippen molar-refractivity contribution < 1.29 is 13.9 Å². The number of nitrogens with zero attached hydrogens (tertiary/aromatic N) is 1. The molecular weight excluding hydrogens is 387 g/mol. The van der Waals surface area contributed by atoms with Gasteiger partial charge in [0.2, 0.25) is 5.91 Å². The number of rotatable bonds is 7. The van der Waals surface area contributed by atoms with Crippen molar-refractivity contribution in [1.29, 1.82) is 0 Å². The summed E-state index contributed by atoms with van der Waals surface area (Å²) >= 11 is 3.20. The smallest absolute Gasteiger partial charge is 0.241 e. The Labute approximate surface area is 156 Å². The van der Waals surface area contributed by atoms with Crippen molar-refractivity contribution in [2.75, 3.05) is 19.0 Å². The van der Waals surface area contributed by atoms with Gasteiger partial charge >= 0.3 is 0 Å². The van der Waals surface area contributed by atoms with E-state index in [9.17, 15) is 9.18 Å². The quantitative estimate of drug-likeness (QED) is 0.735. The molecule has 6 heteroatoms.